The van der Waals surface area contributed by atoms with Gasteiger partial charge in [0.25, 0.3) is 0 Å². The maximum Gasteiger partial charge on any atom is 0.0494 e. The van der Waals surface area contributed by atoms with E-state index in [-0.39, 0.29) is 0 Å². The highest BCUT2D eigenvalue weighted by molar-refractivity contribution is 5.77. The summed E-state index contributed by atoms with van der Waals surface area (Å²) < 4.78 is 0. The average Bonchev–Trinajstić information content (AvgIpc) is 1.87. The first-order chi connectivity index (χ1) is 5.16. The lowest BCUT2D eigenvalue weighted by Gasteiger charge is -2.02. The second kappa shape index (κ2) is 5.96. The van der Waals surface area contributed by atoms with Gasteiger partial charge in [0.1, 0.15) is 0 Å². The summed E-state index contributed by atoms with van der Waals surface area (Å²) >= 11 is 0. The van der Waals surface area contributed by atoms with Crippen LogP contribution in [0.15, 0.2) is 17.3 Å². The minimum absolute atomic E-state index is 0.403. The van der Waals surface area contributed by atoms with Crippen molar-refractivity contribution in [2.45, 2.75) is 39.7 Å². The fraction of sp³-hybridized carbons (Fsp3) is 0.667. The number of hydrogen-bond donors (Lipinski definition) is 1. The van der Waals surface area contributed by atoms with Crippen LogP contribution >= 0.6 is 0 Å². The monoisotopic (exact) mass is 154 g/mol. The third-order valence-corrected chi connectivity index (χ3v) is 1.15. The second-order valence-corrected chi connectivity index (χ2v) is 2.95. The third kappa shape index (κ3) is 7.10. The van der Waals surface area contributed by atoms with E-state index in [9.17, 15) is 0 Å². The summed E-state index contributed by atoms with van der Waals surface area (Å²) in [7, 11) is 0. The normalized spacial score (nSPS) is 10.9. The Hall–Kier alpha value is -0.790. The molecule has 64 valence electrons. The van der Waals surface area contributed by atoms with Gasteiger partial charge in [-0.3, -0.25) is 0 Å². The first-order valence-corrected chi connectivity index (χ1v) is 4.13. The van der Waals surface area contributed by atoms with Crippen molar-refractivity contribution in [2.24, 2.45) is 5.10 Å². The van der Waals surface area contributed by atoms with Gasteiger partial charge in [0.05, 0.1) is 0 Å². The van der Waals surface area contributed by atoms with Crippen LogP contribution < -0.4 is 5.43 Å². The predicted molar refractivity (Wildman–Crippen MR) is 50.8 cm³/mol. The Kier molecular flexibility index (Phi) is 5.53. The lowest BCUT2D eigenvalue weighted by Crippen LogP contribution is -2.15. The Morgan fingerprint density at radius 3 is 2.73 bits per heavy atom. The molecule has 0 unspecified atom stereocenters. The number of nitrogens with zero attached hydrogens (tertiary/aromatic N) is 1. The Bertz CT molecular complexity index is 136. The Morgan fingerprint density at radius 1 is 1.64 bits per heavy atom. The van der Waals surface area contributed by atoms with Crippen molar-refractivity contribution in [1.29, 1.82) is 0 Å². The minimum Gasteiger partial charge on any atom is -0.308 e. The Morgan fingerprint density at radius 2 is 2.27 bits per heavy atom. The van der Waals surface area contributed by atoms with E-state index in [4.69, 9.17) is 0 Å². The predicted octanol–water partition coefficient (Wildman–Crippen LogP) is 2.33. The molecule has 1 N–H and O–H groups in total. The molecule has 0 amide bonds. The van der Waals surface area contributed by atoms with Gasteiger partial charge in [-0.1, -0.05) is 19.9 Å². The fourth-order valence-corrected chi connectivity index (χ4v) is 0.663. The Labute approximate surface area is 69.4 Å². The van der Waals surface area contributed by atoms with Gasteiger partial charge >= 0.3 is 0 Å². The van der Waals surface area contributed by atoms with E-state index in [1.54, 1.807) is 6.21 Å². The second-order valence-electron chi connectivity index (χ2n) is 2.95. The molecule has 0 aliphatic heterocycles. The van der Waals surface area contributed by atoms with Gasteiger partial charge in [0.15, 0.2) is 0 Å². The topological polar surface area (TPSA) is 24.4 Å². The zero-order valence-electron chi connectivity index (χ0n) is 7.72. The van der Waals surface area contributed by atoms with Gasteiger partial charge in [-0.15, -0.1) is 0 Å². The maximum atomic E-state index is 4.01. The van der Waals surface area contributed by atoms with Crippen LogP contribution in [-0.2, 0) is 0 Å². The molecule has 0 aliphatic rings. The summed E-state index contributed by atoms with van der Waals surface area (Å²) in [6.07, 6.45) is 3.96. The highest BCUT2D eigenvalue weighted by atomic mass is 15.3. The van der Waals surface area contributed by atoms with Crippen molar-refractivity contribution in [2.75, 3.05) is 0 Å². The van der Waals surface area contributed by atoms with Crippen LogP contribution in [-0.4, -0.2) is 12.3 Å². The first kappa shape index (κ1) is 10.2. The molecule has 0 saturated carbocycles. The van der Waals surface area contributed by atoms with Crippen LogP contribution in [0.3, 0.4) is 0 Å². The molecule has 0 aromatic rings. The lowest BCUT2D eigenvalue weighted by atomic mass is 10.2. The largest absolute Gasteiger partial charge is 0.308 e. The molecule has 2 heteroatoms. The van der Waals surface area contributed by atoms with Gasteiger partial charge in [-0.2, -0.15) is 5.10 Å². The first-order valence-electron chi connectivity index (χ1n) is 4.13. The number of allylic oxidation sites excluding steroid dienone is 1. The summed E-state index contributed by atoms with van der Waals surface area (Å²) in [5.41, 5.74) is 4.03. The zero-order chi connectivity index (χ0) is 8.69. The SMILES string of the molecule is C=C(C=NNC(C)C)CCC. The zero-order valence-corrected chi connectivity index (χ0v) is 7.72. The van der Waals surface area contributed by atoms with E-state index in [1.165, 1.54) is 0 Å². The minimum atomic E-state index is 0.403. The van der Waals surface area contributed by atoms with E-state index in [2.05, 4.69) is 37.9 Å². The van der Waals surface area contributed by atoms with Crippen LogP contribution in [0.4, 0.5) is 0 Å². The van der Waals surface area contributed by atoms with Crippen molar-refractivity contribution in [3.05, 3.63) is 12.2 Å². The average molecular weight is 154 g/mol. The van der Waals surface area contributed by atoms with Crippen LogP contribution in [0.1, 0.15) is 33.6 Å². The molecule has 2 nitrogen and oxygen atoms in total. The van der Waals surface area contributed by atoms with Crippen molar-refractivity contribution in [3.63, 3.8) is 0 Å². The molecular formula is C9H18N2. The van der Waals surface area contributed by atoms with Crippen LogP contribution in [0, 0.1) is 0 Å². The lowest BCUT2D eigenvalue weighted by molar-refractivity contribution is 0.622. The molecule has 0 aromatic carbocycles. The van der Waals surface area contributed by atoms with Gasteiger partial charge in [0, 0.05) is 12.3 Å². The summed E-state index contributed by atoms with van der Waals surface area (Å²) in [6, 6.07) is 0.403. The Balaban J connectivity index is 3.48. The van der Waals surface area contributed by atoms with E-state index in [1.807, 2.05) is 0 Å². The van der Waals surface area contributed by atoms with Gasteiger partial charge in [-0.25, -0.2) is 0 Å². The quantitative estimate of drug-likeness (QED) is 0.477. The van der Waals surface area contributed by atoms with Crippen LogP contribution in [0.2, 0.25) is 0 Å². The van der Waals surface area contributed by atoms with E-state index >= 15 is 0 Å². The fourth-order valence-electron chi connectivity index (χ4n) is 0.663. The van der Waals surface area contributed by atoms with E-state index in [0.29, 0.717) is 6.04 Å². The molecule has 0 heterocycles. The summed E-state index contributed by atoms with van der Waals surface area (Å²) in [5.74, 6) is 0. The van der Waals surface area contributed by atoms with Gasteiger partial charge in [-0.05, 0) is 25.8 Å². The molecule has 0 saturated heterocycles. The molecule has 0 spiro atoms. The summed E-state index contributed by atoms with van der Waals surface area (Å²) in [5, 5.41) is 4.01. The maximum absolute atomic E-state index is 4.01. The third-order valence-electron chi connectivity index (χ3n) is 1.15. The van der Waals surface area contributed by atoms with Crippen molar-refractivity contribution < 1.29 is 0 Å². The number of hydrazone groups is 1. The molecule has 0 atom stereocenters. The number of hydrogen-bond acceptors (Lipinski definition) is 2. The van der Waals surface area contributed by atoms with E-state index in [0.717, 1.165) is 18.4 Å². The van der Waals surface area contributed by atoms with Gasteiger partial charge in [0.2, 0.25) is 0 Å². The molecule has 0 radical (unpaired) electrons. The molecule has 0 bridgehead atoms. The van der Waals surface area contributed by atoms with E-state index < -0.39 is 0 Å². The number of nitrogens with one attached hydrogen (secondary N) is 1. The summed E-state index contributed by atoms with van der Waals surface area (Å²) in [6.45, 7) is 10.1. The molecule has 11 heavy (non-hydrogen) atoms. The van der Waals surface area contributed by atoms with Crippen molar-refractivity contribution in [3.8, 4) is 0 Å². The summed E-state index contributed by atoms with van der Waals surface area (Å²) in [4.78, 5) is 0. The van der Waals surface area contributed by atoms with Crippen LogP contribution in [0.25, 0.3) is 0 Å². The van der Waals surface area contributed by atoms with Gasteiger partial charge < -0.3 is 5.43 Å². The molecule has 0 aromatic heterocycles. The standard InChI is InChI=1S/C9H18N2/c1-5-6-9(4)7-10-11-8(2)3/h7-8,11H,4-6H2,1-3H3. The van der Waals surface area contributed by atoms with Crippen LogP contribution in [0.5, 0.6) is 0 Å². The highest BCUT2D eigenvalue weighted by Crippen LogP contribution is 1.96. The smallest absolute Gasteiger partial charge is 0.0494 e. The number of rotatable bonds is 5. The van der Waals surface area contributed by atoms with Crippen molar-refractivity contribution in [1.82, 2.24) is 5.43 Å². The van der Waals surface area contributed by atoms with Crippen molar-refractivity contribution >= 4 is 6.21 Å². The molecular weight excluding hydrogens is 136 g/mol. The highest BCUT2D eigenvalue weighted by Gasteiger charge is 1.87. The molecule has 0 fully saturated rings. The molecule has 0 rings (SSSR count). The molecule has 0 aliphatic carbocycles.